The van der Waals surface area contributed by atoms with E-state index in [4.69, 9.17) is 5.73 Å². The van der Waals surface area contributed by atoms with Crippen molar-refractivity contribution < 1.29 is 12.8 Å². The van der Waals surface area contributed by atoms with Crippen molar-refractivity contribution in [1.82, 2.24) is 4.72 Å². The van der Waals surface area contributed by atoms with E-state index in [-0.39, 0.29) is 17.1 Å². The lowest BCUT2D eigenvalue weighted by Crippen LogP contribution is -2.23. The lowest BCUT2D eigenvalue weighted by Gasteiger charge is -2.06. The number of rotatable bonds is 4. The first-order valence-electron chi connectivity index (χ1n) is 5.17. The van der Waals surface area contributed by atoms with Gasteiger partial charge in [0.1, 0.15) is 5.82 Å². The van der Waals surface area contributed by atoms with Gasteiger partial charge in [-0.1, -0.05) is 0 Å². The summed E-state index contributed by atoms with van der Waals surface area (Å²) in [7, 11) is -3.74. The molecule has 0 aliphatic rings. The van der Waals surface area contributed by atoms with Gasteiger partial charge in [0.05, 0.1) is 14.4 Å². The summed E-state index contributed by atoms with van der Waals surface area (Å²) in [5.41, 5.74) is 5.22. The topological polar surface area (TPSA) is 72.2 Å². The van der Waals surface area contributed by atoms with Gasteiger partial charge in [-0.05, 0) is 46.3 Å². The number of halogens is 2. The van der Waals surface area contributed by atoms with Crippen LogP contribution in [0, 0.1) is 5.82 Å². The van der Waals surface area contributed by atoms with Crippen molar-refractivity contribution in [3.63, 3.8) is 0 Å². The van der Waals surface area contributed by atoms with Crippen molar-refractivity contribution in [1.29, 1.82) is 0 Å². The number of thiophene rings is 1. The second-order valence-corrected chi connectivity index (χ2v) is 8.03. The third kappa shape index (κ3) is 3.53. The Labute approximate surface area is 122 Å². The fraction of sp³-hybridized carbons (Fsp3) is 0.0909. The molecule has 19 heavy (non-hydrogen) atoms. The van der Waals surface area contributed by atoms with E-state index in [1.807, 2.05) is 6.07 Å². The van der Waals surface area contributed by atoms with Crippen LogP contribution in [-0.2, 0) is 16.6 Å². The molecule has 0 aliphatic carbocycles. The Morgan fingerprint density at radius 3 is 2.63 bits per heavy atom. The predicted molar refractivity (Wildman–Crippen MR) is 76.9 cm³/mol. The Hall–Kier alpha value is -0.960. The fourth-order valence-electron chi connectivity index (χ4n) is 1.37. The first kappa shape index (κ1) is 14.4. The van der Waals surface area contributed by atoms with Crippen LogP contribution in [0.2, 0.25) is 0 Å². The minimum absolute atomic E-state index is 0.0823. The number of nitrogens with two attached hydrogens (primary N) is 1. The molecule has 0 radical (unpaired) electrons. The van der Waals surface area contributed by atoms with Crippen molar-refractivity contribution in [3.05, 3.63) is 44.8 Å². The third-order valence-corrected chi connectivity index (χ3v) is 5.37. The minimum atomic E-state index is -3.74. The first-order chi connectivity index (χ1) is 8.88. The van der Waals surface area contributed by atoms with Crippen LogP contribution in [0.15, 0.2) is 39.0 Å². The monoisotopic (exact) mass is 364 g/mol. The Bertz CT molecular complexity index is 700. The van der Waals surface area contributed by atoms with Gasteiger partial charge < -0.3 is 5.73 Å². The van der Waals surface area contributed by atoms with E-state index < -0.39 is 15.8 Å². The molecule has 2 aromatic rings. The van der Waals surface area contributed by atoms with Gasteiger partial charge in [-0.2, -0.15) is 0 Å². The zero-order chi connectivity index (χ0) is 14.0. The highest BCUT2D eigenvalue weighted by molar-refractivity contribution is 9.11. The molecule has 0 fully saturated rings. The molecule has 0 amide bonds. The SMILES string of the molecule is Nc1ccc(S(=O)(=O)NCc2ccc(Br)s2)cc1F. The molecule has 0 saturated heterocycles. The molecule has 0 saturated carbocycles. The Morgan fingerprint density at radius 2 is 2.05 bits per heavy atom. The number of sulfonamides is 1. The van der Waals surface area contributed by atoms with Crippen LogP contribution < -0.4 is 10.5 Å². The molecular formula is C11H10BrFN2O2S2. The Morgan fingerprint density at radius 1 is 1.32 bits per heavy atom. The van der Waals surface area contributed by atoms with Gasteiger partial charge in [0.25, 0.3) is 0 Å². The van der Waals surface area contributed by atoms with Gasteiger partial charge in [0.15, 0.2) is 0 Å². The average molecular weight is 365 g/mol. The third-order valence-electron chi connectivity index (χ3n) is 2.35. The average Bonchev–Trinajstić information content (AvgIpc) is 2.76. The van der Waals surface area contributed by atoms with Gasteiger partial charge in [-0.3, -0.25) is 0 Å². The van der Waals surface area contributed by atoms with Crippen LogP contribution in [0.5, 0.6) is 0 Å². The number of anilines is 1. The van der Waals surface area contributed by atoms with Crippen LogP contribution in [0.1, 0.15) is 4.88 Å². The van der Waals surface area contributed by atoms with E-state index in [1.54, 1.807) is 6.07 Å². The summed E-state index contributed by atoms with van der Waals surface area (Å²) < 4.78 is 40.5. The van der Waals surface area contributed by atoms with Crippen LogP contribution in [0.3, 0.4) is 0 Å². The molecule has 2 rings (SSSR count). The highest BCUT2D eigenvalue weighted by atomic mass is 79.9. The van der Waals surface area contributed by atoms with E-state index in [1.165, 1.54) is 23.5 Å². The zero-order valence-corrected chi connectivity index (χ0v) is 12.8. The van der Waals surface area contributed by atoms with Crippen molar-refractivity contribution in [2.45, 2.75) is 11.4 Å². The summed E-state index contributed by atoms with van der Waals surface area (Å²) >= 11 is 4.72. The van der Waals surface area contributed by atoms with Gasteiger partial charge in [0.2, 0.25) is 10.0 Å². The summed E-state index contributed by atoms with van der Waals surface area (Å²) in [6.07, 6.45) is 0. The summed E-state index contributed by atoms with van der Waals surface area (Å²) in [6, 6.07) is 7.04. The molecule has 1 aromatic carbocycles. The van der Waals surface area contributed by atoms with Crippen LogP contribution >= 0.6 is 27.3 Å². The van der Waals surface area contributed by atoms with E-state index in [2.05, 4.69) is 20.7 Å². The minimum Gasteiger partial charge on any atom is -0.396 e. The van der Waals surface area contributed by atoms with Gasteiger partial charge in [-0.15, -0.1) is 11.3 Å². The number of benzene rings is 1. The maximum Gasteiger partial charge on any atom is 0.241 e. The molecule has 0 atom stereocenters. The number of hydrogen-bond acceptors (Lipinski definition) is 4. The molecule has 0 unspecified atom stereocenters. The number of hydrogen-bond donors (Lipinski definition) is 2. The molecule has 0 aliphatic heterocycles. The molecule has 3 N–H and O–H groups in total. The molecule has 8 heteroatoms. The maximum absolute atomic E-state index is 13.3. The molecule has 1 heterocycles. The summed E-state index contributed by atoms with van der Waals surface area (Å²) in [4.78, 5) is 0.709. The van der Waals surface area contributed by atoms with E-state index in [0.717, 1.165) is 14.7 Å². The molecule has 4 nitrogen and oxygen atoms in total. The largest absolute Gasteiger partial charge is 0.396 e. The second-order valence-electron chi connectivity index (χ2n) is 3.71. The highest BCUT2D eigenvalue weighted by Gasteiger charge is 2.15. The standard InChI is InChI=1S/C11H10BrFN2O2S2/c12-11-4-1-7(18-11)6-15-19(16,17)8-2-3-10(14)9(13)5-8/h1-5,15H,6,14H2. The van der Waals surface area contributed by atoms with E-state index >= 15 is 0 Å². The normalized spacial score (nSPS) is 11.7. The highest BCUT2D eigenvalue weighted by Crippen LogP contribution is 2.22. The smallest absolute Gasteiger partial charge is 0.241 e. The summed E-state index contributed by atoms with van der Waals surface area (Å²) in [5, 5.41) is 0. The number of nitrogen functional groups attached to an aromatic ring is 1. The van der Waals surface area contributed by atoms with Gasteiger partial charge >= 0.3 is 0 Å². The van der Waals surface area contributed by atoms with Gasteiger partial charge in [0, 0.05) is 11.4 Å². The lowest BCUT2D eigenvalue weighted by molar-refractivity contribution is 0.578. The summed E-state index contributed by atoms with van der Waals surface area (Å²) in [5.74, 6) is -0.748. The number of nitrogens with one attached hydrogen (secondary N) is 1. The van der Waals surface area contributed by atoms with Crippen molar-refractivity contribution in [3.8, 4) is 0 Å². The molecular weight excluding hydrogens is 355 g/mol. The summed E-state index contributed by atoms with van der Waals surface area (Å²) in [6.45, 7) is 0.157. The molecule has 102 valence electrons. The van der Waals surface area contributed by atoms with E-state index in [9.17, 15) is 12.8 Å². The first-order valence-corrected chi connectivity index (χ1v) is 8.26. The molecule has 0 bridgehead atoms. The Kier molecular flexibility index (Phi) is 4.24. The lowest BCUT2D eigenvalue weighted by atomic mass is 10.3. The fourth-order valence-corrected chi connectivity index (χ4v) is 3.90. The van der Waals surface area contributed by atoms with Crippen molar-refractivity contribution >= 4 is 43.0 Å². The van der Waals surface area contributed by atoms with Crippen molar-refractivity contribution in [2.24, 2.45) is 0 Å². The second kappa shape index (κ2) is 5.58. The van der Waals surface area contributed by atoms with Crippen LogP contribution in [0.25, 0.3) is 0 Å². The van der Waals surface area contributed by atoms with Crippen LogP contribution in [0.4, 0.5) is 10.1 Å². The van der Waals surface area contributed by atoms with E-state index in [0.29, 0.717) is 0 Å². The maximum atomic E-state index is 13.3. The quantitative estimate of drug-likeness (QED) is 0.819. The Balaban J connectivity index is 2.16. The zero-order valence-electron chi connectivity index (χ0n) is 9.56. The van der Waals surface area contributed by atoms with Crippen LogP contribution in [-0.4, -0.2) is 8.42 Å². The van der Waals surface area contributed by atoms with Gasteiger partial charge in [-0.25, -0.2) is 17.5 Å². The molecule has 1 aromatic heterocycles. The van der Waals surface area contributed by atoms with Crippen molar-refractivity contribution in [2.75, 3.05) is 5.73 Å². The predicted octanol–water partition coefficient (Wildman–Crippen LogP) is 2.71. The molecule has 0 spiro atoms.